The van der Waals surface area contributed by atoms with E-state index in [-0.39, 0.29) is 11.7 Å². The van der Waals surface area contributed by atoms with Gasteiger partial charge in [0.2, 0.25) is 0 Å². The van der Waals surface area contributed by atoms with Crippen molar-refractivity contribution in [2.24, 2.45) is 0 Å². The highest BCUT2D eigenvalue weighted by molar-refractivity contribution is 6.07. The first-order valence-corrected chi connectivity index (χ1v) is 8.00. The average molecular weight is 347 g/mol. The highest BCUT2D eigenvalue weighted by atomic mass is 16.5. The van der Waals surface area contributed by atoms with Gasteiger partial charge in [0, 0.05) is 25.4 Å². The number of carbonyl (C=O) groups is 1. The zero-order valence-corrected chi connectivity index (χ0v) is 15.1. The Balaban J connectivity index is 2.64. The molecule has 0 aliphatic rings. The summed E-state index contributed by atoms with van der Waals surface area (Å²) in [5.41, 5.74) is 0.396. The molecule has 7 heteroatoms. The summed E-state index contributed by atoms with van der Waals surface area (Å²) >= 11 is 0. The smallest absolute Gasteiger partial charge is 0.267 e. The van der Waals surface area contributed by atoms with E-state index in [1.54, 1.807) is 18.2 Å². The van der Waals surface area contributed by atoms with Crippen molar-refractivity contribution in [1.82, 2.24) is 5.32 Å². The van der Waals surface area contributed by atoms with E-state index in [0.717, 1.165) is 6.42 Å². The van der Waals surface area contributed by atoms with Crippen LogP contribution in [0.25, 0.3) is 0 Å². The fourth-order valence-corrected chi connectivity index (χ4v) is 1.92. The minimum atomic E-state index is -0.528. The Hall–Kier alpha value is -2.72. The Morgan fingerprint density at radius 2 is 2.08 bits per heavy atom. The van der Waals surface area contributed by atoms with Gasteiger partial charge in [0.15, 0.2) is 0 Å². The van der Waals surface area contributed by atoms with Gasteiger partial charge in [-0.2, -0.15) is 5.26 Å². The quantitative estimate of drug-likeness (QED) is 0.384. The lowest BCUT2D eigenvalue weighted by Crippen LogP contribution is -2.18. The highest BCUT2D eigenvalue weighted by Crippen LogP contribution is 2.29. The van der Waals surface area contributed by atoms with E-state index in [0.29, 0.717) is 30.3 Å². The summed E-state index contributed by atoms with van der Waals surface area (Å²) in [5, 5.41) is 14.8. The number of amides is 1. The van der Waals surface area contributed by atoms with Crippen LogP contribution >= 0.6 is 0 Å². The number of carbonyl (C=O) groups excluding carboxylic acids is 1. The van der Waals surface area contributed by atoms with E-state index in [1.807, 2.05) is 19.9 Å². The SMILES string of the molecule is COc1ccc(OC)c(NC(=O)/C(C#N)=C\NCCCOC(C)C)c1. The monoisotopic (exact) mass is 347 g/mol. The van der Waals surface area contributed by atoms with E-state index < -0.39 is 5.91 Å². The van der Waals surface area contributed by atoms with Crippen LogP contribution in [0.15, 0.2) is 30.0 Å². The topological polar surface area (TPSA) is 92.6 Å². The van der Waals surface area contributed by atoms with Crippen molar-refractivity contribution in [3.63, 3.8) is 0 Å². The minimum Gasteiger partial charge on any atom is -0.497 e. The third-order valence-corrected chi connectivity index (χ3v) is 3.18. The Labute approximate surface area is 148 Å². The van der Waals surface area contributed by atoms with Crippen molar-refractivity contribution in [3.8, 4) is 17.6 Å². The molecule has 7 nitrogen and oxygen atoms in total. The zero-order chi connectivity index (χ0) is 18.7. The lowest BCUT2D eigenvalue weighted by Gasteiger charge is -2.11. The molecule has 0 aromatic heterocycles. The van der Waals surface area contributed by atoms with Gasteiger partial charge in [-0.05, 0) is 32.4 Å². The summed E-state index contributed by atoms with van der Waals surface area (Å²) in [6.07, 6.45) is 2.37. The summed E-state index contributed by atoms with van der Waals surface area (Å²) < 4.78 is 15.8. The van der Waals surface area contributed by atoms with Gasteiger partial charge in [-0.3, -0.25) is 4.79 Å². The first-order chi connectivity index (χ1) is 12.0. The third kappa shape index (κ3) is 7.14. The number of nitrogens with one attached hydrogen (secondary N) is 2. The molecule has 136 valence electrons. The summed E-state index contributed by atoms with van der Waals surface area (Å²) in [5.74, 6) is 0.520. The number of nitrogens with zero attached hydrogens (tertiary/aromatic N) is 1. The van der Waals surface area contributed by atoms with Crippen LogP contribution in [0.2, 0.25) is 0 Å². The number of ether oxygens (including phenoxy) is 3. The lowest BCUT2D eigenvalue weighted by molar-refractivity contribution is -0.112. The number of benzene rings is 1. The summed E-state index contributed by atoms with van der Waals surface area (Å²) in [4.78, 5) is 12.3. The molecule has 0 bridgehead atoms. The molecule has 0 aliphatic carbocycles. The fourth-order valence-electron chi connectivity index (χ4n) is 1.92. The molecule has 0 heterocycles. The number of methoxy groups -OCH3 is 2. The molecule has 1 aromatic carbocycles. The summed E-state index contributed by atoms with van der Waals surface area (Å²) in [6.45, 7) is 5.16. The molecule has 0 radical (unpaired) electrons. The number of anilines is 1. The van der Waals surface area contributed by atoms with Crippen LogP contribution < -0.4 is 20.1 Å². The molecule has 1 amide bonds. The van der Waals surface area contributed by atoms with Crippen molar-refractivity contribution in [2.45, 2.75) is 26.4 Å². The molecule has 0 atom stereocenters. The van der Waals surface area contributed by atoms with Gasteiger partial charge < -0.3 is 24.8 Å². The van der Waals surface area contributed by atoms with E-state index in [4.69, 9.17) is 14.2 Å². The third-order valence-electron chi connectivity index (χ3n) is 3.18. The first kappa shape index (κ1) is 20.3. The fraction of sp³-hybridized carbons (Fsp3) is 0.444. The predicted octanol–water partition coefficient (Wildman–Crippen LogP) is 2.45. The van der Waals surface area contributed by atoms with Crippen LogP contribution in [0.4, 0.5) is 5.69 Å². The van der Waals surface area contributed by atoms with Crippen molar-refractivity contribution >= 4 is 11.6 Å². The molecule has 0 unspecified atom stereocenters. The maximum Gasteiger partial charge on any atom is 0.267 e. The van der Waals surface area contributed by atoms with Gasteiger partial charge in [-0.1, -0.05) is 0 Å². The van der Waals surface area contributed by atoms with Gasteiger partial charge in [0.25, 0.3) is 5.91 Å². The molecule has 0 aliphatic heterocycles. The van der Waals surface area contributed by atoms with Crippen LogP contribution in [0, 0.1) is 11.3 Å². The Morgan fingerprint density at radius 1 is 1.32 bits per heavy atom. The van der Waals surface area contributed by atoms with Crippen LogP contribution in [0.5, 0.6) is 11.5 Å². The number of hydrogen-bond donors (Lipinski definition) is 2. The van der Waals surface area contributed by atoms with E-state index >= 15 is 0 Å². The van der Waals surface area contributed by atoms with E-state index in [2.05, 4.69) is 10.6 Å². The summed E-state index contributed by atoms with van der Waals surface area (Å²) in [7, 11) is 3.03. The van der Waals surface area contributed by atoms with Gasteiger partial charge in [-0.25, -0.2) is 0 Å². The second-order valence-electron chi connectivity index (χ2n) is 5.42. The van der Waals surface area contributed by atoms with Crippen molar-refractivity contribution in [2.75, 3.05) is 32.7 Å². The minimum absolute atomic E-state index is 0.0327. The number of rotatable bonds is 10. The van der Waals surface area contributed by atoms with Crippen molar-refractivity contribution in [3.05, 3.63) is 30.0 Å². The molecular formula is C18H25N3O4. The predicted molar refractivity (Wildman–Crippen MR) is 95.6 cm³/mol. The number of hydrogen-bond acceptors (Lipinski definition) is 6. The largest absolute Gasteiger partial charge is 0.497 e. The van der Waals surface area contributed by atoms with Crippen LogP contribution in [0.3, 0.4) is 0 Å². The van der Waals surface area contributed by atoms with Gasteiger partial charge in [0.1, 0.15) is 23.1 Å². The second-order valence-corrected chi connectivity index (χ2v) is 5.42. The number of nitriles is 1. The normalized spacial score (nSPS) is 11.0. The van der Waals surface area contributed by atoms with Gasteiger partial charge >= 0.3 is 0 Å². The molecule has 25 heavy (non-hydrogen) atoms. The first-order valence-electron chi connectivity index (χ1n) is 8.00. The van der Waals surface area contributed by atoms with Crippen molar-refractivity contribution in [1.29, 1.82) is 5.26 Å². The molecule has 1 aromatic rings. The molecular weight excluding hydrogens is 322 g/mol. The average Bonchev–Trinajstić information content (AvgIpc) is 2.60. The van der Waals surface area contributed by atoms with E-state index in [1.165, 1.54) is 20.4 Å². The lowest BCUT2D eigenvalue weighted by atomic mass is 10.2. The summed E-state index contributed by atoms with van der Waals surface area (Å²) in [6, 6.07) is 6.90. The molecule has 0 spiro atoms. The molecule has 1 rings (SSSR count). The van der Waals surface area contributed by atoms with Gasteiger partial charge in [0.05, 0.1) is 26.0 Å². The Kier molecular flexibility index (Phi) is 8.90. The maximum absolute atomic E-state index is 12.3. The molecule has 0 saturated heterocycles. The molecule has 0 fully saturated rings. The van der Waals surface area contributed by atoms with Crippen LogP contribution in [-0.4, -0.2) is 39.4 Å². The molecule has 0 saturated carbocycles. The van der Waals surface area contributed by atoms with Crippen molar-refractivity contribution < 1.29 is 19.0 Å². The Bertz CT molecular complexity index is 636. The van der Waals surface area contributed by atoms with Crippen LogP contribution in [0.1, 0.15) is 20.3 Å². The standard InChI is InChI=1S/C18H25N3O4/c1-13(2)25-9-5-8-20-12-14(11-19)18(22)21-16-10-15(23-3)6-7-17(16)24-4/h6-7,10,12-13,20H,5,8-9H2,1-4H3,(H,21,22)/b14-12-. The van der Waals surface area contributed by atoms with E-state index in [9.17, 15) is 10.1 Å². The zero-order valence-electron chi connectivity index (χ0n) is 15.1. The Morgan fingerprint density at radius 3 is 2.68 bits per heavy atom. The maximum atomic E-state index is 12.3. The van der Waals surface area contributed by atoms with Gasteiger partial charge in [-0.15, -0.1) is 0 Å². The van der Waals surface area contributed by atoms with Crippen LogP contribution in [-0.2, 0) is 9.53 Å². The second kappa shape index (κ2) is 10.9. The molecule has 2 N–H and O–H groups in total. The highest BCUT2D eigenvalue weighted by Gasteiger charge is 2.13.